The fraction of sp³-hybridized carbons (Fsp3) is 1.00. The van der Waals surface area contributed by atoms with Gasteiger partial charge in [0.2, 0.25) is 0 Å². The SMILES string of the molecule is CC(C)(C)[Si](C)(C)[C@H]1O[C@@H]1COS(=O)(=O)C(F)(F)F. The van der Waals surface area contributed by atoms with Crippen LogP contribution in [0.4, 0.5) is 13.2 Å². The summed E-state index contributed by atoms with van der Waals surface area (Å²) in [5, 5.41) is 0.00924. The summed E-state index contributed by atoms with van der Waals surface area (Å²) in [6.45, 7) is 9.70. The van der Waals surface area contributed by atoms with Gasteiger partial charge < -0.3 is 4.74 Å². The molecule has 114 valence electrons. The van der Waals surface area contributed by atoms with Crippen LogP contribution in [-0.2, 0) is 19.0 Å². The molecule has 1 saturated heterocycles. The van der Waals surface area contributed by atoms with E-state index in [0.717, 1.165) is 0 Å². The molecule has 0 aliphatic carbocycles. The van der Waals surface area contributed by atoms with E-state index in [1.165, 1.54) is 0 Å². The molecule has 0 aromatic heterocycles. The van der Waals surface area contributed by atoms with Gasteiger partial charge in [0.05, 0.1) is 20.4 Å². The highest BCUT2D eigenvalue weighted by molar-refractivity contribution is 7.87. The van der Waals surface area contributed by atoms with E-state index in [2.05, 4.69) is 17.3 Å². The molecule has 1 aliphatic heterocycles. The third-order valence-corrected chi connectivity index (χ3v) is 10.7. The van der Waals surface area contributed by atoms with Gasteiger partial charge in [0.25, 0.3) is 0 Å². The van der Waals surface area contributed by atoms with Crippen LogP contribution in [0.25, 0.3) is 0 Å². The molecule has 1 rings (SSSR count). The second kappa shape index (κ2) is 4.71. The lowest BCUT2D eigenvalue weighted by molar-refractivity contribution is -0.0544. The first-order valence-electron chi connectivity index (χ1n) is 5.81. The Kier molecular flexibility index (Phi) is 4.20. The number of rotatable bonds is 4. The van der Waals surface area contributed by atoms with E-state index in [1.54, 1.807) is 0 Å². The lowest BCUT2D eigenvalue weighted by Gasteiger charge is -2.35. The molecular weight excluding hydrogens is 301 g/mol. The molecule has 0 saturated carbocycles. The molecule has 0 spiro atoms. The Morgan fingerprint density at radius 1 is 1.21 bits per heavy atom. The maximum atomic E-state index is 12.1. The van der Waals surface area contributed by atoms with Gasteiger partial charge in [0.15, 0.2) is 0 Å². The summed E-state index contributed by atoms with van der Waals surface area (Å²) in [5.41, 5.74) is -5.55. The number of hydrogen-bond donors (Lipinski definition) is 0. The normalized spacial score (nSPS) is 25.5. The molecule has 0 bridgehead atoms. The lowest BCUT2D eigenvalue weighted by atomic mass is 10.2. The van der Waals surface area contributed by atoms with Crippen LogP contribution in [0.5, 0.6) is 0 Å². The van der Waals surface area contributed by atoms with Gasteiger partial charge in [-0.25, -0.2) is 0 Å². The average molecular weight is 320 g/mol. The first kappa shape index (κ1) is 16.9. The lowest BCUT2D eigenvalue weighted by Crippen LogP contribution is -2.45. The zero-order chi connectivity index (χ0) is 15.3. The second-order valence-corrected chi connectivity index (χ2v) is 13.4. The van der Waals surface area contributed by atoms with Crippen molar-refractivity contribution in [3.8, 4) is 0 Å². The topological polar surface area (TPSA) is 55.9 Å². The van der Waals surface area contributed by atoms with Crippen molar-refractivity contribution in [2.45, 2.75) is 56.2 Å². The van der Waals surface area contributed by atoms with Gasteiger partial charge in [0, 0.05) is 0 Å². The van der Waals surface area contributed by atoms with Crippen molar-refractivity contribution >= 4 is 18.2 Å². The fourth-order valence-corrected chi connectivity index (χ4v) is 4.40. The number of epoxide rings is 1. The van der Waals surface area contributed by atoms with Crippen molar-refractivity contribution in [2.75, 3.05) is 6.61 Å². The van der Waals surface area contributed by atoms with E-state index in [4.69, 9.17) is 4.74 Å². The predicted molar refractivity (Wildman–Crippen MR) is 66.8 cm³/mol. The van der Waals surface area contributed by atoms with Gasteiger partial charge in [-0.2, -0.15) is 21.6 Å². The summed E-state index contributed by atoms with van der Waals surface area (Å²) >= 11 is 0. The first-order valence-corrected chi connectivity index (χ1v) is 10.3. The molecule has 9 heteroatoms. The van der Waals surface area contributed by atoms with Crippen LogP contribution in [0, 0.1) is 0 Å². The molecule has 2 atom stereocenters. The van der Waals surface area contributed by atoms with Gasteiger partial charge in [-0.3, -0.25) is 4.18 Å². The van der Waals surface area contributed by atoms with Gasteiger partial charge in [-0.15, -0.1) is 0 Å². The van der Waals surface area contributed by atoms with E-state index in [1.807, 2.05) is 20.8 Å². The summed E-state index contributed by atoms with van der Waals surface area (Å²) < 4.78 is 67.1. The van der Waals surface area contributed by atoms with E-state index in [0.29, 0.717) is 0 Å². The highest BCUT2D eigenvalue weighted by Gasteiger charge is 2.57. The van der Waals surface area contributed by atoms with Crippen molar-refractivity contribution in [2.24, 2.45) is 0 Å². The fourth-order valence-electron chi connectivity index (χ4n) is 1.55. The van der Waals surface area contributed by atoms with Crippen LogP contribution in [0.15, 0.2) is 0 Å². The Balaban J connectivity index is 2.58. The van der Waals surface area contributed by atoms with Crippen LogP contribution in [0.3, 0.4) is 0 Å². The quantitative estimate of drug-likeness (QED) is 0.346. The van der Waals surface area contributed by atoms with E-state index >= 15 is 0 Å². The highest BCUT2D eigenvalue weighted by Crippen LogP contribution is 2.46. The zero-order valence-electron chi connectivity index (χ0n) is 11.5. The van der Waals surface area contributed by atoms with E-state index < -0.39 is 36.4 Å². The molecule has 0 aromatic rings. The van der Waals surface area contributed by atoms with Gasteiger partial charge in [0.1, 0.15) is 6.10 Å². The molecule has 0 aromatic carbocycles. The van der Waals surface area contributed by atoms with Crippen molar-refractivity contribution < 1.29 is 30.5 Å². The zero-order valence-corrected chi connectivity index (χ0v) is 13.4. The van der Waals surface area contributed by atoms with Crippen molar-refractivity contribution in [1.82, 2.24) is 0 Å². The Labute approximate surface area is 112 Å². The molecule has 0 amide bonds. The van der Waals surface area contributed by atoms with Crippen LogP contribution in [-0.4, -0.2) is 40.4 Å². The minimum atomic E-state index is -5.52. The summed E-state index contributed by atoms with van der Waals surface area (Å²) in [4.78, 5) is 0. The van der Waals surface area contributed by atoms with Crippen LogP contribution in [0.2, 0.25) is 18.1 Å². The van der Waals surface area contributed by atoms with Gasteiger partial charge in [-0.1, -0.05) is 33.9 Å². The van der Waals surface area contributed by atoms with Crippen molar-refractivity contribution in [3.63, 3.8) is 0 Å². The van der Waals surface area contributed by atoms with E-state index in [-0.39, 0.29) is 10.8 Å². The molecule has 4 nitrogen and oxygen atoms in total. The smallest absolute Gasteiger partial charge is 0.371 e. The van der Waals surface area contributed by atoms with Gasteiger partial charge in [-0.05, 0) is 5.04 Å². The summed E-state index contributed by atoms with van der Waals surface area (Å²) in [7, 11) is -7.38. The van der Waals surface area contributed by atoms with Crippen molar-refractivity contribution in [3.05, 3.63) is 0 Å². The maximum Gasteiger partial charge on any atom is 0.523 e. The molecule has 1 aliphatic rings. The monoisotopic (exact) mass is 320 g/mol. The highest BCUT2D eigenvalue weighted by atomic mass is 32.2. The minimum Gasteiger partial charge on any atom is -0.371 e. The molecule has 1 heterocycles. The maximum absolute atomic E-state index is 12.1. The van der Waals surface area contributed by atoms with Crippen molar-refractivity contribution in [1.29, 1.82) is 0 Å². The second-order valence-electron chi connectivity index (χ2n) is 6.25. The Hall–Kier alpha value is -0.123. The van der Waals surface area contributed by atoms with E-state index in [9.17, 15) is 21.6 Å². The molecule has 0 unspecified atom stereocenters. The van der Waals surface area contributed by atoms with Crippen LogP contribution < -0.4 is 0 Å². The number of ether oxygens (including phenoxy) is 1. The largest absolute Gasteiger partial charge is 0.523 e. The van der Waals surface area contributed by atoms with Crippen LogP contribution >= 0.6 is 0 Å². The molecular formula is C10H19F3O4SSi. The Morgan fingerprint density at radius 2 is 1.68 bits per heavy atom. The first-order chi connectivity index (χ1) is 8.20. The molecule has 19 heavy (non-hydrogen) atoms. The summed E-state index contributed by atoms with van der Waals surface area (Å²) in [6.07, 6.45) is -0.557. The Morgan fingerprint density at radius 3 is 2.05 bits per heavy atom. The van der Waals surface area contributed by atoms with Crippen LogP contribution in [0.1, 0.15) is 20.8 Å². The van der Waals surface area contributed by atoms with Gasteiger partial charge >= 0.3 is 15.6 Å². The number of alkyl halides is 3. The molecule has 0 radical (unpaired) electrons. The number of halogens is 3. The third-order valence-electron chi connectivity index (χ3n) is 3.90. The standard InChI is InChI=1S/C10H19F3O4SSi/c1-9(2,3)19(4,5)8-7(17-8)6-16-18(14,15)10(11,12)13/h7-8H,6H2,1-5H3/t7-,8-/m1/s1. The minimum absolute atomic E-state index is 0.00924. The average Bonchev–Trinajstić information content (AvgIpc) is 2.90. The molecule has 1 fully saturated rings. The molecule has 0 N–H and O–H groups in total. The summed E-state index contributed by atoms with van der Waals surface area (Å²) in [5.74, 6) is 0. The summed E-state index contributed by atoms with van der Waals surface area (Å²) in [6, 6.07) is 0. The number of hydrogen-bond acceptors (Lipinski definition) is 4. The third kappa shape index (κ3) is 3.50. The predicted octanol–water partition coefficient (Wildman–Crippen LogP) is 2.67. The Bertz CT molecular complexity index is 439.